The molecule has 0 unspecified atom stereocenters. The molecule has 0 heterocycles. The number of guanidine groups is 1. The van der Waals surface area contributed by atoms with Gasteiger partial charge in [0.25, 0.3) is 0 Å². The zero-order valence-electron chi connectivity index (χ0n) is 44.2. The summed E-state index contributed by atoms with van der Waals surface area (Å²) in [5, 5.41) is 44.1. The van der Waals surface area contributed by atoms with Crippen LogP contribution in [0.15, 0.2) is 0 Å². The third-order valence-electron chi connectivity index (χ3n) is 10.9. The molecule has 0 bridgehead atoms. The molecule has 0 aliphatic heterocycles. The predicted molar refractivity (Wildman–Crippen MR) is 285 cm³/mol. The Bertz CT molecular complexity index is 2080. The number of aliphatic hydroxyl groups is 1. The highest BCUT2D eigenvalue weighted by atomic mass is 32.1. The van der Waals surface area contributed by atoms with Gasteiger partial charge in [0.05, 0.1) is 31.7 Å². The summed E-state index contributed by atoms with van der Waals surface area (Å²) in [7, 11) is 0. The maximum atomic E-state index is 13.7. The Morgan fingerprint density at radius 2 is 1.00 bits per heavy atom. The minimum atomic E-state index is -1.74. The molecular weight excluding hydrogens is 1050 g/mol. The van der Waals surface area contributed by atoms with Crippen LogP contribution in [0, 0.1) is 23.2 Å². The molecule has 21 N–H and O–H groups in total. The fraction of sp³-hybridized carbons (Fsp3) is 0.689. The quantitative estimate of drug-likeness (QED) is 0.0119. The van der Waals surface area contributed by atoms with Gasteiger partial charge in [-0.05, 0) is 50.4 Å². The molecule has 0 fully saturated rings. The maximum absolute atomic E-state index is 13.7. The Morgan fingerprint density at radius 3 is 1.49 bits per heavy atom. The largest absolute Gasteiger partial charge is 0.391 e. The van der Waals surface area contributed by atoms with E-state index in [1.54, 1.807) is 41.5 Å². The second-order valence-corrected chi connectivity index (χ2v) is 19.7. The Labute approximate surface area is 457 Å². The normalized spacial score (nSPS) is 14.9. The minimum Gasteiger partial charge on any atom is -0.391 e. The SMILES string of the molecule is CC(C)C[C@H](NC(=O)[C@@H](NC(=O)[C@H](CS)NC(=O)CNC(=O)[C@@H](NC(=O)[C@@H](N)CCCNC(=N)N)C(C)C)C(C)C)C(=O)NCC(=O)N[C@H](C(=O)N[C@@H](CS)C(=O)N[C@@H](CCC(N)=O)C(=O)N[C@H]([C]=O)CC(N)=O)[C@@H](C)O. The van der Waals surface area contributed by atoms with Crippen LogP contribution in [-0.4, -0.2) is 180 Å². The number of hydrogen-bond donors (Lipinski definition) is 19. The number of aliphatic hydroxyl groups excluding tert-OH is 1. The molecule has 0 aliphatic carbocycles. The molecule has 0 aromatic carbocycles. The summed E-state index contributed by atoms with van der Waals surface area (Å²) >= 11 is 8.24. The van der Waals surface area contributed by atoms with E-state index in [1.165, 1.54) is 6.29 Å². The van der Waals surface area contributed by atoms with E-state index in [0.717, 1.165) is 6.92 Å². The van der Waals surface area contributed by atoms with Gasteiger partial charge in [0.15, 0.2) is 5.96 Å². The van der Waals surface area contributed by atoms with Gasteiger partial charge in [-0.15, -0.1) is 0 Å². The van der Waals surface area contributed by atoms with Crippen molar-refractivity contribution in [2.45, 2.75) is 147 Å². The van der Waals surface area contributed by atoms with Gasteiger partial charge in [-0.25, -0.2) is 0 Å². The standard InChI is InChI=1S/C45H79N16O14S2/c1-20(2)13-27(38(69)52-16-33(67)59-36(23(7)63)44(75)58-29(19-77)40(71)56-26(10-11-30(47)64)39(70)54-24(17-62)14-31(48)65)57-43(74)35(22(5)6)61-41(72)28(18-76)55-32(66)15-53-42(73)34(21(3)4)60-37(68)25(46)9-8-12-51-45(49)50/h20-29,34-36,63,76-77H,8-16,18-19,46H2,1-7H3,(H2,47,64)(H2,48,65)(H,52,69)(H,53,73)(H,54,70)(H,55,66)(H,56,71)(H,57,74)(H,58,75)(H,59,67)(H,60,68)(H,61,72)(H4,49,50,51)/t23-,24+,25+,26+,27+,28+,29+,34+,35+,36+/m1/s1. The molecular formula is C45H79N16O14S2. The van der Waals surface area contributed by atoms with Gasteiger partial charge in [-0.1, -0.05) is 41.5 Å². The third-order valence-corrected chi connectivity index (χ3v) is 11.7. The van der Waals surface area contributed by atoms with E-state index in [-0.39, 0.29) is 36.9 Å². The van der Waals surface area contributed by atoms with Crippen molar-refractivity contribution < 1.29 is 67.4 Å². The van der Waals surface area contributed by atoms with E-state index >= 15 is 0 Å². The molecule has 10 atom stereocenters. The van der Waals surface area contributed by atoms with Gasteiger partial charge in [0.1, 0.15) is 48.3 Å². The molecule has 32 heteroatoms. The first-order valence-electron chi connectivity index (χ1n) is 24.5. The third kappa shape index (κ3) is 28.2. The van der Waals surface area contributed by atoms with E-state index in [9.17, 15) is 67.4 Å². The Kier molecular flexibility index (Phi) is 33.1. The lowest BCUT2D eigenvalue weighted by Gasteiger charge is -2.28. The lowest BCUT2D eigenvalue weighted by Crippen LogP contribution is -2.61. The fourth-order valence-electron chi connectivity index (χ4n) is 6.74. The average Bonchev–Trinajstić information content (AvgIpc) is 3.34. The molecule has 0 aliphatic rings. The van der Waals surface area contributed by atoms with Crippen LogP contribution in [0.2, 0.25) is 0 Å². The number of nitrogens with one attached hydrogen (secondary N) is 12. The molecule has 435 valence electrons. The van der Waals surface area contributed by atoms with Gasteiger partial charge in [0.2, 0.25) is 77.2 Å². The summed E-state index contributed by atoms with van der Waals surface area (Å²) in [4.78, 5) is 166. The van der Waals surface area contributed by atoms with Gasteiger partial charge in [-0.3, -0.25) is 67.7 Å². The summed E-state index contributed by atoms with van der Waals surface area (Å²) in [6.07, 6.45) is -0.944. The van der Waals surface area contributed by atoms with E-state index in [2.05, 4.69) is 83.7 Å². The van der Waals surface area contributed by atoms with Crippen molar-refractivity contribution in [3.8, 4) is 0 Å². The summed E-state index contributed by atoms with van der Waals surface area (Å²) in [5.41, 5.74) is 21.5. The van der Waals surface area contributed by atoms with Gasteiger partial charge in [-0.2, -0.15) is 25.3 Å². The van der Waals surface area contributed by atoms with Crippen LogP contribution in [0.5, 0.6) is 0 Å². The van der Waals surface area contributed by atoms with Gasteiger partial charge in [0, 0.05) is 24.5 Å². The topological polar surface area (TPSA) is 502 Å². The first-order valence-corrected chi connectivity index (χ1v) is 25.8. The zero-order valence-corrected chi connectivity index (χ0v) is 46.0. The number of carbonyl (C=O) groups is 12. The zero-order chi connectivity index (χ0) is 59.3. The summed E-state index contributed by atoms with van der Waals surface area (Å²) in [6, 6.07) is -12.3. The van der Waals surface area contributed by atoms with Crippen molar-refractivity contribution in [3.05, 3.63) is 0 Å². The molecule has 30 nitrogen and oxygen atoms in total. The number of amides is 12. The second kappa shape index (κ2) is 36.3. The molecule has 77 heavy (non-hydrogen) atoms. The molecule has 12 amide bonds. The molecule has 1 radical (unpaired) electrons. The first-order chi connectivity index (χ1) is 35.9. The van der Waals surface area contributed by atoms with Crippen LogP contribution >= 0.6 is 25.3 Å². The predicted octanol–water partition coefficient (Wildman–Crippen LogP) is -7.46. The molecule has 0 saturated carbocycles. The molecule has 0 spiro atoms. The van der Waals surface area contributed by atoms with Crippen LogP contribution in [0.3, 0.4) is 0 Å². The Morgan fingerprint density at radius 1 is 0.532 bits per heavy atom. The molecule has 0 saturated heterocycles. The van der Waals surface area contributed by atoms with E-state index in [4.69, 9.17) is 28.3 Å². The highest BCUT2D eigenvalue weighted by molar-refractivity contribution is 7.80. The van der Waals surface area contributed by atoms with Crippen LogP contribution < -0.4 is 81.4 Å². The second-order valence-electron chi connectivity index (χ2n) is 18.9. The monoisotopic (exact) mass is 1130 g/mol. The van der Waals surface area contributed by atoms with Crippen molar-refractivity contribution in [3.63, 3.8) is 0 Å². The number of nitrogens with two attached hydrogens (primary N) is 4. The maximum Gasteiger partial charge on any atom is 0.245 e. The first kappa shape index (κ1) is 70.2. The van der Waals surface area contributed by atoms with Crippen molar-refractivity contribution in [2.75, 3.05) is 31.1 Å². The minimum absolute atomic E-state index is 0.0352. The highest BCUT2D eigenvalue weighted by Gasteiger charge is 2.35. The lowest BCUT2D eigenvalue weighted by atomic mass is 9.99. The van der Waals surface area contributed by atoms with Crippen molar-refractivity contribution in [2.24, 2.45) is 40.7 Å². The number of thiol groups is 2. The molecule has 0 aromatic rings. The van der Waals surface area contributed by atoms with E-state index in [0.29, 0.717) is 13.0 Å². The Balaban J connectivity index is 5.78. The van der Waals surface area contributed by atoms with Crippen LogP contribution in [0.1, 0.15) is 87.0 Å². The Hall–Kier alpha value is -6.80. The highest BCUT2D eigenvalue weighted by Crippen LogP contribution is 2.10. The van der Waals surface area contributed by atoms with Gasteiger partial charge >= 0.3 is 0 Å². The molecule has 0 aromatic heterocycles. The molecule has 0 rings (SSSR count). The van der Waals surface area contributed by atoms with Gasteiger partial charge < -0.3 is 86.5 Å². The van der Waals surface area contributed by atoms with Crippen molar-refractivity contribution >= 4 is 108 Å². The smallest absolute Gasteiger partial charge is 0.245 e. The summed E-state index contributed by atoms with van der Waals surface area (Å²) < 4.78 is 0. The number of hydrogen-bond acceptors (Lipinski definition) is 18. The van der Waals surface area contributed by atoms with Crippen molar-refractivity contribution in [1.82, 2.24) is 58.5 Å². The van der Waals surface area contributed by atoms with Crippen molar-refractivity contribution in [1.29, 1.82) is 5.41 Å². The fourth-order valence-corrected chi connectivity index (χ4v) is 7.25. The van der Waals surface area contributed by atoms with E-state index in [1.807, 2.05) is 0 Å². The summed E-state index contributed by atoms with van der Waals surface area (Å²) in [6.45, 7) is 10.0. The lowest BCUT2D eigenvalue weighted by molar-refractivity contribution is -0.136. The average molecular weight is 1130 g/mol. The van der Waals surface area contributed by atoms with Crippen LogP contribution in [0.25, 0.3) is 0 Å². The van der Waals surface area contributed by atoms with E-state index < -0.39 is 175 Å². The van der Waals surface area contributed by atoms with Crippen LogP contribution in [-0.2, 0) is 62.3 Å². The summed E-state index contributed by atoms with van der Waals surface area (Å²) in [5.74, 6) is -12.8. The number of rotatable bonds is 37. The van der Waals surface area contributed by atoms with Crippen LogP contribution in [0.4, 0.5) is 0 Å². The number of primary amides is 2. The number of carbonyl (C=O) groups excluding carboxylic acids is 13.